The Kier molecular flexibility index (Phi) is 3.62. The monoisotopic (exact) mass is 198 g/mol. The Balaban J connectivity index is 2.59. The molecule has 1 rings (SSSR count). The van der Waals surface area contributed by atoms with Gasteiger partial charge in [-0.1, -0.05) is 0 Å². The van der Waals surface area contributed by atoms with Crippen molar-refractivity contribution in [3.63, 3.8) is 0 Å². The molecule has 0 radical (unpaired) electrons. The molecule has 0 aromatic carbocycles. The van der Waals surface area contributed by atoms with Crippen LogP contribution in [0.15, 0.2) is 0 Å². The Labute approximate surface area is 82.4 Å². The molecule has 1 saturated heterocycles. The number of nitrogens with zero attached hydrogens (tertiary/aromatic N) is 1. The molecule has 0 aliphatic carbocycles. The average Bonchev–Trinajstić information content (AvgIpc) is 2.21. The maximum absolute atomic E-state index is 11.4. The SMILES string of the molecule is CC1CN(CCC=O)C(=O)CC(=O)N1. The van der Waals surface area contributed by atoms with E-state index < -0.39 is 0 Å². The van der Waals surface area contributed by atoms with Crippen LogP contribution in [0.2, 0.25) is 0 Å². The first-order chi connectivity index (χ1) is 6.63. The minimum absolute atomic E-state index is 0.0411. The summed E-state index contributed by atoms with van der Waals surface area (Å²) in [4.78, 5) is 34.2. The van der Waals surface area contributed by atoms with Gasteiger partial charge in [0.2, 0.25) is 11.8 Å². The van der Waals surface area contributed by atoms with Crippen molar-refractivity contribution in [2.75, 3.05) is 13.1 Å². The zero-order valence-corrected chi connectivity index (χ0v) is 8.16. The van der Waals surface area contributed by atoms with Crippen LogP contribution in [0.25, 0.3) is 0 Å². The fourth-order valence-electron chi connectivity index (χ4n) is 1.48. The molecule has 1 heterocycles. The Morgan fingerprint density at radius 2 is 2.29 bits per heavy atom. The van der Waals surface area contributed by atoms with Crippen LogP contribution in [0, 0.1) is 0 Å². The first-order valence-electron chi connectivity index (χ1n) is 4.64. The average molecular weight is 198 g/mol. The number of amides is 2. The molecule has 14 heavy (non-hydrogen) atoms. The van der Waals surface area contributed by atoms with Crippen molar-refractivity contribution >= 4 is 18.1 Å². The predicted molar refractivity (Wildman–Crippen MR) is 49.5 cm³/mol. The topological polar surface area (TPSA) is 66.5 Å². The Hall–Kier alpha value is -1.39. The maximum atomic E-state index is 11.4. The molecular weight excluding hydrogens is 184 g/mol. The summed E-state index contributed by atoms with van der Waals surface area (Å²) in [5.41, 5.74) is 0. The molecule has 1 unspecified atom stereocenters. The van der Waals surface area contributed by atoms with E-state index in [4.69, 9.17) is 0 Å². The second-order valence-corrected chi connectivity index (χ2v) is 3.44. The molecule has 0 aromatic heterocycles. The van der Waals surface area contributed by atoms with Crippen LogP contribution in [0.5, 0.6) is 0 Å². The summed E-state index contributed by atoms with van der Waals surface area (Å²) in [5.74, 6) is -0.440. The number of nitrogens with one attached hydrogen (secondary N) is 1. The van der Waals surface area contributed by atoms with Crippen molar-refractivity contribution in [1.82, 2.24) is 10.2 Å². The van der Waals surface area contributed by atoms with Crippen LogP contribution in [-0.4, -0.2) is 42.1 Å². The van der Waals surface area contributed by atoms with Gasteiger partial charge in [-0.3, -0.25) is 9.59 Å². The zero-order valence-electron chi connectivity index (χ0n) is 8.16. The van der Waals surface area contributed by atoms with E-state index in [0.717, 1.165) is 6.29 Å². The van der Waals surface area contributed by atoms with Crippen molar-refractivity contribution in [2.24, 2.45) is 0 Å². The van der Waals surface area contributed by atoms with Gasteiger partial charge in [0.05, 0.1) is 0 Å². The van der Waals surface area contributed by atoms with Gasteiger partial charge in [0, 0.05) is 25.6 Å². The number of carbonyl (C=O) groups excluding carboxylic acids is 3. The van der Waals surface area contributed by atoms with Gasteiger partial charge in [0.1, 0.15) is 12.7 Å². The molecule has 0 saturated carbocycles. The zero-order chi connectivity index (χ0) is 10.6. The summed E-state index contributed by atoms with van der Waals surface area (Å²) in [5, 5.41) is 2.69. The molecule has 1 aliphatic rings. The lowest BCUT2D eigenvalue weighted by atomic mass is 10.3. The molecule has 1 aliphatic heterocycles. The Morgan fingerprint density at radius 3 is 2.93 bits per heavy atom. The standard InChI is InChI=1S/C9H14N2O3/c1-7-6-11(3-2-4-12)9(14)5-8(13)10-7/h4,7H,2-3,5-6H2,1H3,(H,10,13). The lowest BCUT2D eigenvalue weighted by Gasteiger charge is -2.21. The van der Waals surface area contributed by atoms with E-state index in [9.17, 15) is 14.4 Å². The highest BCUT2D eigenvalue weighted by Crippen LogP contribution is 2.03. The molecular formula is C9H14N2O3. The van der Waals surface area contributed by atoms with Crippen molar-refractivity contribution in [2.45, 2.75) is 25.8 Å². The van der Waals surface area contributed by atoms with Gasteiger partial charge in [0.25, 0.3) is 0 Å². The molecule has 0 bridgehead atoms. The van der Waals surface area contributed by atoms with Gasteiger partial charge in [0.15, 0.2) is 0 Å². The van der Waals surface area contributed by atoms with Gasteiger partial charge in [-0.05, 0) is 6.92 Å². The number of rotatable bonds is 3. The van der Waals surface area contributed by atoms with Crippen LogP contribution in [0.3, 0.4) is 0 Å². The second-order valence-electron chi connectivity index (χ2n) is 3.44. The highest BCUT2D eigenvalue weighted by molar-refractivity contribution is 5.97. The highest BCUT2D eigenvalue weighted by Gasteiger charge is 2.24. The van der Waals surface area contributed by atoms with Crippen LogP contribution >= 0.6 is 0 Å². The number of hydrogen-bond donors (Lipinski definition) is 1. The molecule has 0 spiro atoms. The minimum Gasteiger partial charge on any atom is -0.351 e. The van der Waals surface area contributed by atoms with E-state index in [1.54, 1.807) is 4.90 Å². The molecule has 2 amide bonds. The molecule has 1 atom stereocenters. The van der Waals surface area contributed by atoms with Crippen molar-refractivity contribution in [1.29, 1.82) is 0 Å². The quantitative estimate of drug-likeness (QED) is 0.482. The van der Waals surface area contributed by atoms with E-state index in [-0.39, 0.29) is 24.3 Å². The fraction of sp³-hybridized carbons (Fsp3) is 0.667. The van der Waals surface area contributed by atoms with Gasteiger partial charge in [-0.25, -0.2) is 0 Å². The van der Waals surface area contributed by atoms with E-state index in [0.29, 0.717) is 19.5 Å². The molecule has 1 fully saturated rings. The summed E-state index contributed by atoms with van der Waals surface area (Å²) >= 11 is 0. The summed E-state index contributed by atoms with van der Waals surface area (Å²) in [6.07, 6.45) is 0.994. The first-order valence-corrected chi connectivity index (χ1v) is 4.64. The van der Waals surface area contributed by atoms with E-state index in [1.165, 1.54) is 0 Å². The van der Waals surface area contributed by atoms with Crippen LogP contribution in [0.1, 0.15) is 19.8 Å². The minimum atomic E-state index is -0.240. The third kappa shape index (κ3) is 2.83. The smallest absolute Gasteiger partial charge is 0.232 e. The van der Waals surface area contributed by atoms with Crippen LogP contribution < -0.4 is 5.32 Å². The first kappa shape index (κ1) is 10.7. The summed E-state index contributed by atoms with van der Waals surface area (Å²) in [6, 6.07) is -0.0411. The Morgan fingerprint density at radius 1 is 1.57 bits per heavy atom. The number of aldehydes is 1. The molecule has 78 valence electrons. The predicted octanol–water partition coefficient (Wildman–Crippen LogP) is -0.688. The van der Waals surface area contributed by atoms with Gasteiger partial charge >= 0.3 is 0 Å². The number of carbonyl (C=O) groups is 3. The summed E-state index contributed by atoms with van der Waals surface area (Å²) in [6.45, 7) is 2.73. The lowest BCUT2D eigenvalue weighted by molar-refractivity contribution is -0.134. The summed E-state index contributed by atoms with van der Waals surface area (Å²) in [7, 11) is 0. The molecule has 1 N–H and O–H groups in total. The van der Waals surface area contributed by atoms with Gasteiger partial charge in [-0.2, -0.15) is 0 Å². The number of hydrogen-bond acceptors (Lipinski definition) is 3. The van der Waals surface area contributed by atoms with Crippen molar-refractivity contribution in [3.05, 3.63) is 0 Å². The lowest BCUT2D eigenvalue weighted by Crippen LogP contribution is -2.38. The normalized spacial score (nSPS) is 22.9. The van der Waals surface area contributed by atoms with Crippen molar-refractivity contribution in [3.8, 4) is 0 Å². The van der Waals surface area contributed by atoms with Crippen LogP contribution in [-0.2, 0) is 14.4 Å². The van der Waals surface area contributed by atoms with Crippen LogP contribution in [0.4, 0.5) is 0 Å². The third-order valence-electron chi connectivity index (χ3n) is 2.08. The van der Waals surface area contributed by atoms with Gasteiger partial charge in [-0.15, -0.1) is 0 Å². The van der Waals surface area contributed by atoms with E-state index in [2.05, 4.69) is 5.32 Å². The molecule has 5 nitrogen and oxygen atoms in total. The maximum Gasteiger partial charge on any atom is 0.232 e. The molecule has 0 aromatic rings. The van der Waals surface area contributed by atoms with Crippen molar-refractivity contribution < 1.29 is 14.4 Å². The third-order valence-corrected chi connectivity index (χ3v) is 2.08. The summed E-state index contributed by atoms with van der Waals surface area (Å²) < 4.78 is 0. The Bertz CT molecular complexity index is 252. The highest BCUT2D eigenvalue weighted by atomic mass is 16.2. The van der Waals surface area contributed by atoms with E-state index >= 15 is 0 Å². The van der Waals surface area contributed by atoms with E-state index in [1.807, 2.05) is 6.92 Å². The van der Waals surface area contributed by atoms with Gasteiger partial charge < -0.3 is 15.0 Å². The second kappa shape index (κ2) is 4.74. The largest absolute Gasteiger partial charge is 0.351 e. The molecule has 5 heteroatoms. The fourth-order valence-corrected chi connectivity index (χ4v) is 1.48.